The molecule has 18 heavy (non-hydrogen) atoms. The van der Waals surface area contributed by atoms with E-state index >= 15 is 0 Å². The smallest absolute Gasteiger partial charge is 0.263 e. The first kappa shape index (κ1) is 11.7. The normalized spacial score (nSPS) is 22.7. The van der Waals surface area contributed by atoms with Crippen molar-refractivity contribution in [2.75, 3.05) is 13.1 Å². The second kappa shape index (κ2) is 4.37. The van der Waals surface area contributed by atoms with Crippen LogP contribution in [0.2, 0.25) is 5.02 Å². The standard InChI is InChI=1S/C13H13ClN2O2/c14-10-5-1-4-9-11(10)13(18)16(12(9)17)7-8-3-2-6-15-8/h1,4-5,8,15H,2-3,6-7H2. The lowest BCUT2D eigenvalue weighted by Crippen LogP contribution is -2.40. The number of carbonyl (C=O) groups excluding carboxylic acids is 2. The molecule has 2 aliphatic rings. The average molecular weight is 265 g/mol. The van der Waals surface area contributed by atoms with Gasteiger partial charge in [-0.05, 0) is 31.5 Å². The average Bonchev–Trinajstić information content (AvgIpc) is 2.94. The van der Waals surface area contributed by atoms with Crippen LogP contribution in [0, 0.1) is 0 Å². The van der Waals surface area contributed by atoms with E-state index in [1.807, 2.05) is 0 Å². The van der Waals surface area contributed by atoms with Crippen LogP contribution in [0.15, 0.2) is 18.2 Å². The fraction of sp³-hybridized carbons (Fsp3) is 0.385. The topological polar surface area (TPSA) is 49.4 Å². The van der Waals surface area contributed by atoms with E-state index in [9.17, 15) is 9.59 Å². The van der Waals surface area contributed by atoms with Crippen molar-refractivity contribution in [1.82, 2.24) is 10.2 Å². The minimum absolute atomic E-state index is 0.214. The Kier molecular flexibility index (Phi) is 2.84. The van der Waals surface area contributed by atoms with Crippen molar-refractivity contribution < 1.29 is 9.59 Å². The van der Waals surface area contributed by atoms with E-state index in [1.165, 1.54) is 4.90 Å². The van der Waals surface area contributed by atoms with Crippen molar-refractivity contribution in [2.24, 2.45) is 0 Å². The summed E-state index contributed by atoms with van der Waals surface area (Å²) in [5.41, 5.74) is 0.771. The number of nitrogens with one attached hydrogen (secondary N) is 1. The van der Waals surface area contributed by atoms with Gasteiger partial charge in [0.2, 0.25) is 0 Å². The molecule has 0 radical (unpaired) electrons. The Bertz CT molecular complexity index is 524. The van der Waals surface area contributed by atoms with Crippen LogP contribution in [-0.4, -0.2) is 35.8 Å². The summed E-state index contributed by atoms with van der Waals surface area (Å²) in [7, 11) is 0. The summed E-state index contributed by atoms with van der Waals surface area (Å²) < 4.78 is 0. The van der Waals surface area contributed by atoms with Crippen molar-refractivity contribution in [3.63, 3.8) is 0 Å². The molecule has 1 aromatic rings. The minimum atomic E-state index is -0.269. The number of rotatable bonds is 2. The SMILES string of the molecule is O=C1c2cccc(Cl)c2C(=O)N1CC1CCCN1. The monoisotopic (exact) mass is 264 g/mol. The minimum Gasteiger partial charge on any atom is -0.312 e. The third kappa shape index (κ3) is 1.72. The summed E-state index contributed by atoms with van der Waals surface area (Å²) in [5.74, 6) is -0.500. The molecule has 2 amide bonds. The zero-order valence-corrected chi connectivity index (χ0v) is 10.5. The van der Waals surface area contributed by atoms with Crippen LogP contribution in [0.5, 0.6) is 0 Å². The lowest BCUT2D eigenvalue weighted by molar-refractivity contribution is 0.0641. The highest BCUT2D eigenvalue weighted by atomic mass is 35.5. The second-order valence-corrected chi connectivity index (χ2v) is 5.08. The lowest BCUT2D eigenvalue weighted by Gasteiger charge is -2.18. The van der Waals surface area contributed by atoms with E-state index in [0.29, 0.717) is 22.7 Å². The molecule has 94 valence electrons. The molecule has 3 rings (SSSR count). The van der Waals surface area contributed by atoms with Gasteiger partial charge in [0.1, 0.15) is 0 Å². The van der Waals surface area contributed by atoms with Crippen LogP contribution in [0.4, 0.5) is 0 Å². The van der Waals surface area contributed by atoms with E-state index in [0.717, 1.165) is 19.4 Å². The molecule has 0 spiro atoms. The summed E-state index contributed by atoms with van der Waals surface area (Å²) in [6.07, 6.45) is 2.09. The van der Waals surface area contributed by atoms with Crippen molar-refractivity contribution in [2.45, 2.75) is 18.9 Å². The highest BCUT2D eigenvalue weighted by Gasteiger charge is 2.38. The molecule has 1 N–H and O–H groups in total. The highest BCUT2D eigenvalue weighted by molar-refractivity contribution is 6.37. The lowest BCUT2D eigenvalue weighted by atomic mass is 10.1. The summed E-state index contributed by atoms with van der Waals surface area (Å²) in [5, 5.41) is 3.64. The van der Waals surface area contributed by atoms with Crippen molar-refractivity contribution in [3.05, 3.63) is 34.3 Å². The summed E-state index contributed by atoms with van der Waals surface area (Å²) >= 11 is 6.00. The molecule has 4 nitrogen and oxygen atoms in total. The number of halogens is 1. The van der Waals surface area contributed by atoms with E-state index in [2.05, 4.69) is 5.32 Å². The molecule has 0 aliphatic carbocycles. The van der Waals surface area contributed by atoms with Crippen LogP contribution < -0.4 is 5.32 Å². The van der Waals surface area contributed by atoms with Gasteiger partial charge in [0, 0.05) is 12.6 Å². The first-order valence-corrected chi connectivity index (χ1v) is 6.44. The number of fused-ring (bicyclic) bond motifs is 1. The van der Waals surface area contributed by atoms with Crippen LogP contribution in [-0.2, 0) is 0 Å². The Labute approximate surface area is 110 Å². The first-order chi connectivity index (χ1) is 8.68. The van der Waals surface area contributed by atoms with Gasteiger partial charge in [-0.25, -0.2) is 0 Å². The van der Waals surface area contributed by atoms with Gasteiger partial charge in [0.05, 0.1) is 16.1 Å². The Morgan fingerprint density at radius 3 is 2.83 bits per heavy atom. The molecule has 2 heterocycles. The van der Waals surface area contributed by atoms with E-state index < -0.39 is 0 Å². The van der Waals surface area contributed by atoms with Crippen molar-refractivity contribution in [1.29, 1.82) is 0 Å². The Morgan fingerprint density at radius 2 is 2.17 bits per heavy atom. The first-order valence-electron chi connectivity index (χ1n) is 6.06. The fourth-order valence-electron chi connectivity index (χ4n) is 2.59. The number of imide groups is 1. The molecule has 0 bridgehead atoms. The molecule has 1 atom stereocenters. The second-order valence-electron chi connectivity index (χ2n) is 4.68. The van der Waals surface area contributed by atoms with Crippen molar-refractivity contribution in [3.8, 4) is 0 Å². The van der Waals surface area contributed by atoms with E-state index in [4.69, 9.17) is 11.6 Å². The molecule has 1 aromatic carbocycles. The van der Waals surface area contributed by atoms with Gasteiger partial charge in [-0.2, -0.15) is 0 Å². The number of nitrogens with zero attached hydrogens (tertiary/aromatic N) is 1. The molecule has 1 saturated heterocycles. The maximum Gasteiger partial charge on any atom is 0.263 e. The third-order valence-electron chi connectivity index (χ3n) is 3.51. The largest absolute Gasteiger partial charge is 0.312 e. The van der Waals surface area contributed by atoms with E-state index in [-0.39, 0.29) is 17.9 Å². The van der Waals surface area contributed by atoms with Gasteiger partial charge in [0.25, 0.3) is 11.8 Å². The molecule has 5 heteroatoms. The van der Waals surface area contributed by atoms with Crippen LogP contribution in [0.3, 0.4) is 0 Å². The molecule has 0 aromatic heterocycles. The van der Waals surface area contributed by atoms with Gasteiger partial charge in [-0.3, -0.25) is 14.5 Å². The maximum absolute atomic E-state index is 12.2. The van der Waals surface area contributed by atoms with Gasteiger partial charge >= 0.3 is 0 Å². The predicted molar refractivity (Wildman–Crippen MR) is 67.8 cm³/mol. The highest BCUT2D eigenvalue weighted by Crippen LogP contribution is 2.29. The molecular formula is C13H13ClN2O2. The third-order valence-corrected chi connectivity index (χ3v) is 3.83. The Balaban J connectivity index is 1.89. The molecule has 1 unspecified atom stereocenters. The van der Waals surface area contributed by atoms with Gasteiger partial charge in [-0.1, -0.05) is 17.7 Å². The van der Waals surface area contributed by atoms with Gasteiger partial charge < -0.3 is 5.32 Å². The van der Waals surface area contributed by atoms with Crippen molar-refractivity contribution >= 4 is 23.4 Å². The van der Waals surface area contributed by atoms with Crippen LogP contribution in [0.1, 0.15) is 33.6 Å². The molecule has 2 aliphatic heterocycles. The number of amides is 2. The Morgan fingerprint density at radius 1 is 1.33 bits per heavy atom. The maximum atomic E-state index is 12.2. The predicted octanol–water partition coefficient (Wildman–Crippen LogP) is 1.69. The van der Waals surface area contributed by atoms with Crippen LogP contribution in [0.25, 0.3) is 0 Å². The molecule has 1 fully saturated rings. The summed E-state index contributed by atoms with van der Waals surface area (Å²) in [6.45, 7) is 1.39. The zero-order valence-electron chi connectivity index (χ0n) is 9.78. The number of hydrogen-bond donors (Lipinski definition) is 1. The molecular weight excluding hydrogens is 252 g/mol. The number of hydrogen-bond acceptors (Lipinski definition) is 3. The fourth-order valence-corrected chi connectivity index (χ4v) is 2.85. The quantitative estimate of drug-likeness (QED) is 0.827. The number of benzene rings is 1. The summed E-state index contributed by atoms with van der Waals surface area (Å²) in [6, 6.07) is 5.21. The van der Waals surface area contributed by atoms with Gasteiger partial charge in [-0.15, -0.1) is 0 Å². The Hall–Kier alpha value is -1.39. The van der Waals surface area contributed by atoms with Crippen LogP contribution >= 0.6 is 11.6 Å². The van der Waals surface area contributed by atoms with E-state index in [1.54, 1.807) is 18.2 Å². The number of carbonyl (C=O) groups is 2. The summed E-state index contributed by atoms with van der Waals surface area (Å²) in [4.78, 5) is 25.7. The van der Waals surface area contributed by atoms with Gasteiger partial charge in [0.15, 0.2) is 0 Å². The zero-order chi connectivity index (χ0) is 12.7. The molecule has 0 saturated carbocycles.